The molecule has 2 aliphatic rings. The van der Waals surface area contributed by atoms with Crippen LogP contribution in [0, 0.1) is 5.41 Å². The summed E-state index contributed by atoms with van der Waals surface area (Å²) in [6, 6.07) is -0.111. The van der Waals surface area contributed by atoms with Crippen molar-refractivity contribution in [1.29, 1.82) is 0 Å². The highest BCUT2D eigenvalue weighted by Crippen LogP contribution is 2.37. The molecule has 0 spiro atoms. The van der Waals surface area contributed by atoms with E-state index in [0.717, 1.165) is 32.2 Å². The van der Waals surface area contributed by atoms with Gasteiger partial charge < -0.3 is 15.0 Å². The fraction of sp³-hybridized carbons (Fsp3) is 0.789. The van der Waals surface area contributed by atoms with Crippen molar-refractivity contribution in [3.05, 3.63) is 0 Å². The Bertz CT molecular complexity index is 535. The molecule has 26 heavy (non-hydrogen) atoms. The third kappa shape index (κ3) is 6.20. The minimum Gasteiger partial charge on any atom is -0.394 e. The van der Waals surface area contributed by atoms with Crippen LogP contribution in [0.25, 0.3) is 0 Å². The third-order valence-electron chi connectivity index (χ3n) is 4.75. The van der Waals surface area contributed by atoms with Gasteiger partial charge in [-0.2, -0.15) is 0 Å². The summed E-state index contributed by atoms with van der Waals surface area (Å²) >= 11 is 0. The van der Waals surface area contributed by atoms with Gasteiger partial charge in [-0.05, 0) is 44.6 Å². The van der Waals surface area contributed by atoms with Crippen LogP contribution in [-0.4, -0.2) is 53.2 Å². The maximum atomic E-state index is 12.7. The van der Waals surface area contributed by atoms with Crippen LogP contribution in [0.4, 0.5) is 0 Å². The molecule has 1 amide bonds. The number of likely N-dealkylation sites (tertiary alicyclic amines) is 1. The Morgan fingerprint density at radius 3 is 1.88 bits per heavy atom. The maximum absolute atomic E-state index is 12.7. The first kappa shape index (κ1) is 22.3. The van der Waals surface area contributed by atoms with Gasteiger partial charge in [-0.25, -0.2) is 0 Å². The molecule has 1 unspecified atom stereocenters. The summed E-state index contributed by atoms with van der Waals surface area (Å²) in [6.07, 6.45) is 3.70. The molecule has 0 saturated carbocycles. The molecule has 0 aromatic heterocycles. The van der Waals surface area contributed by atoms with Gasteiger partial charge >= 0.3 is 11.9 Å². The summed E-state index contributed by atoms with van der Waals surface area (Å²) in [4.78, 5) is 46.1. The number of carbonyl (C=O) groups is 4. The molecule has 1 N–H and O–H groups in total. The second kappa shape index (κ2) is 9.26. The summed E-state index contributed by atoms with van der Waals surface area (Å²) in [5.74, 6) is -0.867. The van der Waals surface area contributed by atoms with Crippen LogP contribution in [0.5, 0.6) is 0 Å². The van der Waals surface area contributed by atoms with Crippen LogP contribution in [-0.2, 0) is 23.9 Å². The normalized spacial score (nSPS) is 25.3. The molecular weight excluding hydrogens is 336 g/mol. The van der Waals surface area contributed by atoms with Gasteiger partial charge in [0.05, 0.1) is 12.1 Å². The SMILES string of the molecule is CC(=O)C1CC[C@H](C(C)(C)C)N1C(=O)[C@@H]1CCCN1.CC(=O)OC(C)=O. The molecule has 0 aliphatic carbocycles. The second-order valence-corrected chi connectivity index (χ2v) is 8.07. The minimum absolute atomic E-state index is 0.0263. The predicted octanol–water partition coefficient (Wildman–Crippen LogP) is 1.83. The van der Waals surface area contributed by atoms with Crippen molar-refractivity contribution in [3.63, 3.8) is 0 Å². The van der Waals surface area contributed by atoms with Crippen LogP contribution in [0.3, 0.4) is 0 Å². The van der Waals surface area contributed by atoms with E-state index in [1.807, 2.05) is 4.90 Å². The van der Waals surface area contributed by atoms with Gasteiger partial charge in [0.25, 0.3) is 0 Å². The number of rotatable bonds is 2. The number of carbonyl (C=O) groups excluding carboxylic acids is 4. The van der Waals surface area contributed by atoms with Gasteiger partial charge in [0, 0.05) is 19.9 Å². The molecule has 2 rings (SSSR count). The van der Waals surface area contributed by atoms with Crippen molar-refractivity contribution < 1.29 is 23.9 Å². The van der Waals surface area contributed by atoms with E-state index in [0.29, 0.717) is 0 Å². The molecule has 0 bridgehead atoms. The maximum Gasteiger partial charge on any atom is 0.310 e. The Balaban J connectivity index is 0.000000412. The van der Waals surface area contributed by atoms with E-state index in [1.54, 1.807) is 6.92 Å². The number of Topliss-reactive ketones (excluding diaryl/α,β-unsaturated/α-hetero) is 1. The summed E-state index contributed by atoms with van der Waals surface area (Å²) in [5.41, 5.74) is 0.0263. The largest absolute Gasteiger partial charge is 0.394 e. The highest BCUT2D eigenvalue weighted by Gasteiger charge is 2.46. The molecule has 0 aromatic carbocycles. The zero-order valence-electron chi connectivity index (χ0n) is 16.8. The number of hydrogen-bond donors (Lipinski definition) is 1. The molecule has 2 aliphatic heterocycles. The first-order chi connectivity index (χ1) is 11.9. The highest BCUT2D eigenvalue weighted by atomic mass is 16.6. The molecule has 2 fully saturated rings. The number of nitrogens with zero attached hydrogens (tertiary/aromatic N) is 1. The van der Waals surface area contributed by atoms with E-state index in [-0.39, 0.29) is 35.2 Å². The second-order valence-electron chi connectivity index (χ2n) is 8.07. The molecule has 7 heteroatoms. The molecule has 2 saturated heterocycles. The Morgan fingerprint density at radius 2 is 1.54 bits per heavy atom. The molecule has 7 nitrogen and oxygen atoms in total. The van der Waals surface area contributed by atoms with Gasteiger partial charge in [-0.15, -0.1) is 0 Å². The molecule has 148 valence electrons. The van der Waals surface area contributed by atoms with E-state index < -0.39 is 11.9 Å². The van der Waals surface area contributed by atoms with Gasteiger partial charge in [0.1, 0.15) is 0 Å². The standard InChI is InChI=1S/C15H26N2O2.C4H6O3/c1-10(18)12-7-8-13(15(2,3)4)17(12)14(19)11-6-5-9-16-11;1-3(5)7-4(2)6/h11-13,16H,5-9H2,1-4H3;1-2H3/t11-,12?,13+;/m0./s1. The van der Waals surface area contributed by atoms with Gasteiger partial charge in [-0.1, -0.05) is 20.8 Å². The van der Waals surface area contributed by atoms with Gasteiger partial charge in [-0.3, -0.25) is 19.2 Å². The van der Waals surface area contributed by atoms with Crippen LogP contribution in [0.1, 0.15) is 67.2 Å². The Morgan fingerprint density at radius 1 is 0.962 bits per heavy atom. The first-order valence-corrected chi connectivity index (χ1v) is 9.20. The average Bonchev–Trinajstić information content (AvgIpc) is 3.14. The Labute approximate surface area is 155 Å². The van der Waals surface area contributed by atoms with Gasteiger partial charge in [0.15, 0.2) is 5.78 Å². The summed E-state index contributed by atoms with van der Waals surface area (Å²) < 4.78 is 3.97. The quantitative estimate of drug-likeness (QED) is 0.590. The highest BCUT2D eigenvalue weighted by molar-refractivity contribution is 5.90. The first-order valence-electron chi connectivity index (χ1n) is 9.20. The fourth-order valence-electron chi connectivity index (χ4n) is 3.65. The van der Waals surface area contributed by atoms with Crippen molar-refractivity contribution in [3.8, 4) is 0 Å². The van der Waals surface area contributed by atoms with E-state index >= 15 is 0 Å². The van der Waals surface area contributed by atoms with E-state index in [9.17, 15) is 19.2 Å². The molecule has 0 aromatic rings. The lowest BCUT2D eigenvalue weighted by Gasteiger charge is -2.38. The predicted molar refractivity (Wildman–Crippen MR) is 97.3 cm³/mol. The zero-order chi connectivity index (χ0) is 20.1. The van der Waals surface area contributed by atoms with E-state index in [2.05, 4.69) is 30.8 Å². The lowest BCUT2D eigenvalue weighted by molar-refractivity contribution is -0.156. The number of ether oxygens (including phenoxy) is 1. The van der Waals surface area contributed by atoms with Crippen LogP contribution in [0.2, 0.25) is 0 Å². The number of nitrogens with one attached hydrogen (secondary N) is 1. The summed E-state index contributed by atoms with van der Waals surface area (Å²) in [5, 5.41) is 3.26. The lowest BCUT2D eigenvalue weighted by Crippen LogP contribution is -2.54. The Kier molecular flexibility index (Phi) is 7.93. The molecule has 3 atom stereocenters. The smallest absolute Gasteiger partial charge is 0.310 e. The van der Waals surface area contributed by atoms with Crippen LogP contribution >= 0.6 is 0 Å². The lowest BCUT2D eigenvalue weighted by atomic mass is 9.85. The monoisotopic (exact) mass is 368 g/mol. The number of esters is 2. The molecule has 2 heterocycles. The minimum atomic E-state index is -0.562. The number of amides is 1. The van der Waals surface area contributed by atoms with Crippen molar-refractivity contribution in [2.24, 2.45) is 5.41 Å². The fourth-order valence-corrected chi connectivity index (χ4v) is 3.65. The zero-order valence-corrected chi connectivity index (χ0v) is 16.8. The third-order valence-corrected chi connectivity index (χ3v) is 4.75. The summed E-state index contributed by atoms with van der Waals surface area (Å²) in [6.45, 7) is 11.4. The number of ketones is 1. The number of hydrogen-bond acceptors (Lipinski definition) is 6. The summed E-state index contributed by atoms with van der Waals surface area (Å²) in [7, 11) is 0. The van der Waals surface area contributed by atoms with Gasteiger partial charge in [0.2, 0.25) is 5.91 Å². The van der Waals surface area contributed by atoms with Crippen molar-refractivity contribution in [1.82, 2.24) is 10.2 Å². The van der Waals surface area contributed by atoms with Crippen LogP contribution in [0.15, 0.2) is 0 Å². The van der Waals surface area contributed by atoms with Crippen molar-refractivity contribution in [2.45, 2.75) is 85.4 Å². The van der Waals surface area contributed by atoms with E-state index in [4.69, 9.17) is 0 Å². The van der Waals surface area contributed by atoms with Crippen LogP contribution < -0.4 is 5.32 Å². The van der Waals surface area contributed by atoms with Crippen molar-refractivity contribution in [2.75, 3.05) is 6.54 Å². The topological polar surface area (TPSA) is 92.8 Å². The van der Waals surface area contributed by atoms with Crippen molar-refractivity contribution >= 4 is 23.6 Å². The Hall–Kier alpha value is -1.76. The molecule has 0 radical (unpaired) electrons. The molecular formula is C19H32N2O5. The average molecular weight is 368 g/mol. The van der Waals surface area contributed by atoms with E-state index in [1.165, 1.54) is 13.8 Å².